The van der Waals surface area contributed by atoms with Crippen molar-refractivity contribution in [2.24, 2.45) is 0 Å². The lowest BCUT2D eigenvalue weighted by Crippen LogP contribution is -2.04. The van der Waals surface area contributed by atoms with Gasteiger partial charge in [-0.15, -0.1) is 0 Å². The first kappa shape index (κ1) is 9.77. The Hall–Kier alpha value is -1.77. The Balaban J connectivity index is 2.21. The predicted octanol–water partition coefficient (Wildman–Crippen LogP) is 3.21. The van der Waals surface area contributed by atoms with Gasteiger partial charge in [-0.2, -0.15) is 0 Å². The summed E-state index contributed by atoms with van der Waals surface area (Å²) in [5.41, 5.74) is 1.06. The van der Waals surface area contributed by atoms with Crippen molar-refractivity contribution >= 4 is 11.6 Å². The smallest absolute Gasteiger partial charge is 0.207 e. The maximum Gasteiger partial charge on any atom is 0.207 e. The molecule has 2 aromatic rings. The van der Waals surface area contributed by atoms with Crippen LogP contribution in [0.2, 0.25) is 0 Å². The molecule has 1 N–H and O–H groups in total. The fourth-order valence-electron chi connectivity index (χ4n) is 1.48. The number of rotatable bonds is 3. The molecule has 3 heteroatoms. The van der Waals surface area contributed by atoms with Crippen LogP contribution in [0.3, 0.4) is 0 Å². The SMILES string of the molecule is CC(C)n1ccnc1Nc1ccccc1. The summed E-state index contributed by atoms with van der Waals surface area (Å²) in [6.45, 7) is 4.27. The monoisotopic (exact) mass is 201 g/mol. The maximum absolute atomic E-state index is 4.28. The Bertz CT molecular complexity index is 417. The van der Waals surface area contributed by atoms with E-state index in [1.54, 1.807) is 0 Å². The van der Waals surface area contributed by atoms with Crippen molar-refractivity contribution < 1.29 is 0 Å². The lowest BCUT2D eigenvalue weighted by molar-refractivity contribution is 0.608. The summed E-state index contributed by atoms with van der Waals surface area (Å²) >= 11 is 0. The Labute approximate surface area is 89.8 Å². The van der Waals surface area contributed by atoms with E-state index in [1.165, 1.54) is 0 Å². The molecule has 0 fully saturated rings. The number of hydrogen-bond donors (Lipinski definition) is 1. The second kappa shape index (κ2) is 4.17. The molecule has 0 bridgehead atoms. The van der Waals surface area contributed by atoms with E-state index in [0.29, 0.717) is 6.04 Å². The molecule has 2 rings (SSSR count). The van der Waals surface area contributed by atoms with Gasteiger partial charge in [0.15, 0.2) is 0 Å². The predicted molar refractivity (Wildman–Crippen MR) is 62.3 cm³/mol. The molecule has 0 aliphatic heterocycles. The third kappa shape index (κ3) is 2.18. The summed E-state index contributed by atoms with van der Waals surface area (Å²) in [5.74, 6) is 0.885. The summed E-state index contributed by atoms with van der Waals surface area (Å²) in [6, 6.07) is 10.5. The highest BCUT2D eigenvalue weighted by molar-refractivity contribution is 5.53. The van der Waals surface area contributed by atoms with Gasteiger partial charge in [-0.1, -0.05) is 18.2 Å². The van der Waals surface area contributed by atoms with Crippen LogP contribution in [0, 0.1) is 0 Å². The zero-order valence-corrected chi connectivity index (χ0v) is 9.01. The zero-order valence-electron chi connectivity index (χ0n) is 9.01. The van der Waals surface area contributed by atoms with Crippen molar-refractivity contribution in [2.45, 2.75) is 19.9 Å². The lowest BCUT2D eigenvalue weighted by Gasteiger charge is -2.12. The number of hydrogen-bond acceptors (Lipinski definition) is 2. The molecular weight excluding hydrogens is 186 g/mol. The fourth-order valence-corrected chi connectivity index (χ4v) is 1.48. The Morgan fingerprint density at radius 2 is 1.93 bits per heavy atom. The molecule has 1 aromatic heterocycles. The van der Waals surface area contributed by atoms with Gasteiger partial charge < -0.3 is 9.88 Å². The lowest BCUT2D eigenvalue weighted by atomic mass is 10.3. The van der Waals surface area contributed by atoms with E-state index in [-0.39, 0.29) is 0 Å². The van der Waals surface area contributed by atoms with Crippen LogP contribution in [0.1, 0.15) is 19.9 Å². The summed E-state index contributed by atoms with van der Waals surface area (Å²) in [6.07, 6.45) is 3.79. The topological polar surface area (TPSA) is 29.9 Å². The molecule has 0 unspecified atom stereocenters. The number of benzene rings is 1. The first-order valence-electron chi connectivity index (χ1n) is 5.12. The van der Waals surface area contributed by atoms with E-state index < -0.39 is 0 Å². The second-order valence-corrected chi connectivity index (χ2v) is 3.74. The average Bonchev–Trinajstić information content (AvgIpc) is 2.67. The molecule has 0 radical (unpaired) electrons. The van der Waals surface area contributed by atoms with Gasteiger partial charge in [-0.3, -0.25) is 0 Å². The minimum Gasteiger partial charge on any atom is -0.326 e. The number of nitrogens with one attached hydrogen (secondary N) is 1. The second-order valence-electron chi connectivity index (χ2n) is 3.74. The minimum absolute atomic E-state index is 0.415. The van der Waals surface area contributed by atoms with Gasteiger partial charge in [0.25, 0.3) is 0 Å². The quantitative estimate of drug-likeness (QED) is 0.826. The third-order valence-electron chi connectivity index (χ3n) is 2.25. The molecule has 0 aliphatic carbocycles. The van der Waals surface area contributed by atoms with Crippen LogP contribution in [0.15, 0.2) is 42.7 Å². The van der Waals surface area contributed by atoms with Gasteiger partial charge in [-0.25, -0.2) is 4.98 Å². The van der Waals surface area contributed by atoms with Crippen molar-refractivity contribution in [3.8, 4) is 0 Å². The molecule has 3 nitrogen and oxygen atoms in total. The highest BCUT2D eigenvalue weighted by Gasteiger charge is 2.04. The molecule has 0 saturated carbocycles. The number of anilines is 2. The molecule has 0 spiro atoms. The van der Waals surface area contributed by atoms with Gasteiger partial charge in [0.2, 0.25) is 5.95 Å². The molecule has 1 aromatic carbocycles. The summed E-state index contributed by atoms with van der Waals surface area (Å²) < 4.78 is 2.10. The standard InChI is InChI=1S/C12H15N3/c1-10(2)15-9-8-13-12(15)14-11-6-4-3-5-7-11/h3-10H,1-2H3,(H,13,14). The van der Waals surface area contributed by atoms with Crippen LogP contribution in [-0.4, -0.2) is 9.55 Å². The van der Waals surface area contributed by atoms with Crippen LogP contribution in [0.4, 0.5) is 11.6 Å². The average molecular weight is 201 g/mol. The number of aromatic nitrogens is 2. The number of para-hydroxylation sites is 1. The summed E-state index contributed by atoms with van der Waals surface area (Å²) in [7, 11) is 0. The van der Waals surface area contributed by atoms with E-state index >= 15 is 0 Å². The van der Waals surface area contributed by atoms with E-state index in [9.17, 15) is 0 Å². The molecular formula is C12H15N3. The van der Waals surface area contributed by atoms with Gasteiger partial charge in [-0.05, 0) is 26.0 Å². The third-order valence-corrected chi connectivity index (χ3v) is 2.25. The largest absolute Gasteiger partial charge is 0.326 e. The highest BCUT2D eigenvalue weighted by atomic mass is 15.2. The normalized spacial score (nSPS) is 10.6. The van der Waals surface area contributed by atoms with Crippen molar-refractivity contribution in [3.63, 3.8) is 0 Å². The Morgan fingerprint density at radius 1 is 1.20 bits per heavy atom. The van der Waals surface area contributed by atoms with Crippen molar-refractivity contribution in [1.82, 2.24) is 9.55 Å². The molecule has 0 atom stereocenters. The van der Waals surface area contributed by atoms with Crippen LogP contribution in [0.25, 0.3) is 0 Å². The zero-order chi connectivity index (χ0) is 10.7. The van der Waals surface area contributed by atoms with Gasteiger partial charge in [0.1, 0.15) is 0 Å². The summed E-state index contributed by atoms with van der Waals surface area (Å²) in [4.78, 5) is 4.28. The van der Waals surface area contributed by atoms with E-state index in [2.05, 4.69) is 28.7 Å². The highest BCUT2D eigenvalue weighted by Crippen LogP contribution is 2.17. The fraction of sp³-hybridized carbons (Fsp3) is 0.250. The van der Waals surface area contributed by atoms with Crippen molar-refractivity contribution in [3.05, 3.63) is 42.7 Å². The molecule has 15 heavy (non-hydrogen) atoms. The first-order valence-corrected chi connectivity index (χ1v) is 5.12. The van der Waals surface area contributed by atoms with Gasteiger partial charge >= 0.3 is 0 Å². The van der Waals surface area contributed by atoms with Crippen LogP contribution in [-0.2, 0) is 0 Å². The van der Waals surface area contributed by atoms with Crippen LogP contribution < -0.4 is 5.32 Å². The van der Waals surface area contributed by atoms with Crippen LogP contribution in [0.5, 0.6) is 0 Å². The van der Waals surface area contributed by atoms with Gasteiger partial charge in [0, 0.05) is 24.1 Å². The molecule has 0 amide bonds. The van der Waals surface area contributed by atoms with Crippen molar-refractivity contribution in [2.75, 3.05) is 5.32 Å². The van der Waals surface area contributed by atoms with Gasteiger partial charge in [0.05, 0.1) is 0 Å². The molecule has 0 aliphatic rings. The molecule has 78 valence electrons. The minimum atomic E-state index is 0.415. The molecule has 1 heterocycles. The van der Waals surface area contributed by atoms with E-state index in [0.717, 1.165) is 11.6 Å². The van der Waals surface area contributed by atoms with E-state index in [1.807, 2.05) is 42.7 Å². The molecule has 0 saturated heterocycles. The van der Waals surface area contributed by atoms with Crippen LogP contribution >= 0.6 is 0 Å². The number of nitrogens with zero attached hydrogens (tertiary/aromatic N) is 2. The van der Waals surface area contributed by atoms with E-state index in [4.69, 9.17) is 0 Å². The Kier molecular flexibility index (Phi) is 2.72. The number of imidazole rings is 1. The maximum atomic E-state index is 4.28. The first-order chi connectivity index (χ1) is 7.27. The summed E-state index contributed by atoms with van der Waals surface area (Å²) in [5, 5.41) is 3.29. The Morgan fingerprint density at radius 3 is 2.60 bits per heavy atom. The van der Waals surface area contributed by atoms with Crippen molar-refractivity contribution in [1.29, 1.82) is 0 Å².